The molecule has 1 fully saturated rings. The Morgan fingerprint density at radius 1 is 0.929 bits per heavy atom. The summed E-state index contributed by atoms with van der Waals surface area (Å²) in [6.07, 6.45) is 0. The Hall–Kier alpha value is -2.36. The number of fused-ring (bicyclic) bond motifs is 2. The van der Waals surface area contributed by atoms with Crippen LogP contribution in [0.2, 0.25) is 0 Å². The van der Waals surface area contributed by atoms with E-state index in [4.69, 9.17) is 4.74 Å². The van der Waals surface area contributed by atoms with Crippen LogP contribution in [0.4, 0.5) is 5.69 Å². The number of ether oxygens (including phenoxy) is 1. The largest absolute Gasteiger partial charge is 0.378 e. The molecule has 5 rings (SSSR count). The third-order valence-corrected chi connectivity index (χ3v) is 6.43. The molecule has 144 valence electrons. The fourth-order valence-corrected chi connectivity index (χ4v) is 4.90. The van der Waals surface area contributed by atoms with Crippen LogP contribution >= 0.6 is 0 Å². The van der Waals surface area contributed by atoms with Gasteiger partial charge in [0.05, 0.1) is 13.2 Å². The van der Waals surface area contributed by atoms with Gasteiger partial charge in [0.1, 0.15) is 0 Å². The van der Waals surface area contributed by atoms with E-state index in [1.165, 1.54) is 38.7 Å². The van der Waals surface area contributed by atoms with Crippen molar-refractivity contribution in [1.82, 2.24) is 4.90 Å². The van der Waals surface area contributed by atoms with Crippen molar-refractivity contribution in [2.45, 2.75) is 19.4 Å². The smallest absolute Gasteiger partial charge is 0.0642 e. The number of hydrogen-bond acceptors (Lipinski definition) is 3. The van der Waals surface area contributed by atoms with E-state index in [9.17, 15) is 0 Å². The van der Waals surface area contributed by atoms with Gasteiger partial charge in [0, 0.05) is 37.8 Å². The Balaban J connectivity index is 1.57. The van der Waals surface area contributed by atoms with Gasteiger partial charge in [0.25, 0.3) is 0 Å². The summed E-state index contributed by atoms with van der Waals surface area (Å²) in [5, 5.41) is 2.64. The average molecular weight is 373 g/mol. The molecule has 0 spiro atoms. The van der Waals surface area contributed by atoms with Crippen molar-refractivity contribution in [3.63, 3.8) is 0 Å². The third kappa shape index (κ3) is 3.09. The molecular formula is C25H28N2O. The Morgan fingerprint density at radius 2 is 1.71 bits per heavy atom. The topological polar surface area (TPSA) is 15.7 Å². The molecule has 1 unspecified atom stereocenters. The van der Waals surface area contributed by atoms with Gasteiger partial charge >= 0.3 is 0 Å². The van der Waals surface area contributed by atoms with Gasteiger partial charge in [0.2, 0.25) is 0 Å². The summed E-state index contributed by atoms with van der Waals surface area (Å²) in [6, 6.07) is 20.4. The summed E-state index contributed by atoms with van der Waals surface area (Å²) >= 11 is 0. The second-order valence-corrected chi connectivity index (χ2v) is 8.23. The van der Waals surface area contributed by atoms with Gasteiger partial charge < -0.3 is 14.5 Å². The number of anilines is 1. The van der Waals surface area contributed by atoms with Crippen molar-refractivity contribution in [2.75, 3.05) is 44.8 Å². The van der Waals surface area contributed by atoms with Gasteiger partial charge in [-0.2, -0.15) is 0 Å². The van der Waals surface area contributed by atoms with Gasteiger partial charge in [-0.1, -0.05) is 48.5 Å². The van der Waals surface area contributed by atoms with Crippen molar-refractivity contribution >= 4 is 16.5 Å². The SMILES string of the molecule is Cc1c(N2CCOCC2)ccc2c1CN(C)CC2c1ccc2ccccc2c1. The summed E-state index contributed by atoms with van der Waals surface area (Å²) < 4.78 is 5.55. The zero-order valence-electron chi connectivity index (χ0n) is 16.8. The standard InChI is InChI=1S/C25H28N2O/c1-18-23-16-26(2)17-24(21-8-7-19-5-3-4-6-20(19)15-21)22(23)9-10-25(18)27-11-13-28-14-12-27/h3-10,15,24H,11-14,16-17H2,1-2H3. The predicted octanol–water partition coefficient (Wildman–Crippen LogP) is 4.56. The van der Waals surface area contributed by atoms with E-state index in [0.717, 1.165) is 39.4 Å². The fourth-order valence-electron chi connectivity index (χ4n) is 4.90. The molecular weight excluding hydrogens is 344 g/mol. The molecule has 3 aromatic carbocycles. The summed E-state index contributed by atoms with van der Waals surface area (Å²) in [5.41, 5.74) is 7.26. The first kappa shape index (κ1) is 17.7. The highest BCUT2D eigenvalue weighted by molar-refractivity contribution is 5.83. The van der Waals surface area contributed by atoms with E-state index >= 15 is 0 Å². The number of rotatable bonds is 2. The molecule has 3 heteroatoms. The molecule has 1 saturated heterocycles. The molecule has 0 aromatic heterocycles. The molecule has 0 radical (unpaired) electrons. The minimum atomic E-state index is 0.427. The Kier molecular flexibility index (Phi) is 4.58. The predicted molar refractivity (Wildman–Crippen MR) is 116 cm³/mol. The first-order valence-electron chi connectivity index (χ1n) is 10.3. The first-order valence-corrected chi connectivity index (χ1v) is 10.3. The third-order valence-electron chi connectivity index (χ3n) is 6.43. The molecule has 2 aliphatic rings. The quantitative estimate of drug-likeness (QED) is 0.656. The van der Waals surface area contributed by atoms with Gasteiger partial charge in [-0.05, 0) is 53.1 Å². The summed E-state index contributed by atoms with van der Waals surface area (Å²) in [5.74, 6) is 0.427. The van der Waals surface area contributed by atoms with Crippen LogP contribution in [0.15, 0.2) is 54.6 Å². The zero-order chi connectivity index (χ0) is 19.1. The first-order chi connectivity index (χ1) is 13.7. The maximum Gasteiger partial charge on any atom is 0.0642 e. The van der Waals surface area contributed by atoms with Crippen LogP contribution in [-0.2, 0) is 11.3 Å². The van der Waals surface area contributed by atoms with Gasteiger partial charge in [-0.3, -0.25) is 0 Å². The minimum Gasteiger partial charge on any atom is -0.378 e. The highest BCUT2D eigenvalue weighted by atomic mass is 16.5. The molecule has 0 N–H and O–H groups in total. The van der Waals surface area contributed by atoms with Gasteiger partial charge in [0.15, 0.2) is 0 Å². The second kappa shape index (κ2) is 7.23. The maximum atomic E-state index is 5.55. The molecule has 2 heterocycles. The van der Waals surface area contributed by atoms with Crippen LogP contribution in [0, 0.1) is 6.92 Å². The number of hydrogen-bond donors (Lipinski definition) is 0. The summed E-state index contributed by atoms with van der Waals surface area (Å²) in [6.45, 7) is 8.05. The molecule has 3 aromatic rings. The molecule has 0 saturated carbocycles. The molecule has 28 heavy (non-hydrogen) atoms. The summed E-state index contributed by atoms with van der Waals surface area (Å²) in [4.78, 5) is 4.96. The van der Waals surface area contributed by atoms with E-state index in [0.29, 0.717) is 5.92 Å². The maximum absolute atomic E-state index is 5.55. The second-order valence-electron chi connectivity index (χ2n) is 8.23. The summed E-state index contributed by atoms with van der Waals surface area (Å²) in [7, 11) is 2.25. The van der Waals surface area contributed by atoms with Crippen LogP contribution in [0.1, 0.15) is 28.2 Å². The highest BCUT2D eigenvalue weighted by Gasteiger charge is 2.28. The van der Waals surface area contributed by atoms with Crippen LogP contribution < -0.4 is 4.90 Å². The van der Waals surface area contributed by atoms with Gasteiger partial charge in [-0.15, -0.1) is 0 Å². The van der Waals surface area contributed by atoms with Crippen LogP contribution in [0.3, 0.4) is 0 Å². The van der Waals surface area contributed by atoms with Crippen LogP contribution in [-0.4, -0.2) is 44.8 Å². The van der Waals surface area contributed by atoms with Crippen molar-refractivity contribution in [3.05, 3.63) is 76.9 Å². The normalized spacial score (nSPS) is 20.4. The van der Waals surface area contributed by atoms with E-state index in [2.05, 4.69) is 78.4 Å². The van der Waals surface area contributed by atoms with E-state index in [1.54, 1.807) is 0 Å². The highest BCUT2D eigenvalue weighted by Crippen LogP contribution is 2.38. The Bertz CT molecular complexity index is 1010. The Labute approximate surface area is 167 Å². The molecule has 1 atom stereocenters. The van der Waals surface area contributed by atoms with Crippen molar-refractivity contribution < 1.29 is 4.74 Å². The van der Waals surface area contributed by atoms with Crippen molar-refractivity contribution in [2.24, 2.45) is 0 Å². The number of likely N-dealkylation sites (N-methyl/N-ethyl adjacent to an activating group) is 1. The van der Waals surface area contributed by atoms with Crippen LogP contribution in [0.5, 0.6) is 0 Å². The molecule has 0 amide bonds. The molecule has 3 nitrogen and oxygen atoms in total. The lowest BCUT2D eigenvalue weighted by Gasteiger charge is -2.37. The molecule has 0 bridgehead atoms. The van der Waals surface area contributed by atoms with Crippen molar-refractivity contribution in [1.29, 1.82) is 0 Å². The van der Waals surface area contributed by atoms with Crippen molar-refractivity contribution in [3.8, 4) is 0 Å². The average Bonchev–Trinajstić information content (AvgIpc) is 2.74. The molecule has 0 aliphatic carbocycles. The lowest BCUT2D eigenvalue weighted by Crippen LogP contribution is -2.37. The number of morpholine rings is 1. The van der Waals surface area contributed by atoms with E-state index in [1.807, 2.05) is 0 Å². The van der Waals surface area contributed by atoms with E-state index < -0.39 is 0 Å². The lowest BCUT2D eigenvalue weighted by molar-refractivity contribution is 0.122. The molecule has 2 aliphatic heterocycles. The lowest BCUT2D eigenvalue weighted by atomic mass is 9.82. The Morgan fingerprint density at radius 3 is 2.54 bits per heavy atom. The van der Waals surface area contributed by atoms with Gasteiger partial charge in [-0.25, -0.2) is 0 Å². The van der Waals surface area contributed by atoms with E-state index in [-0.39, 0.29) is 0 Å². The minimum absolute atomic E-state index is 0.427. The fraction of sp³-hybridized carbons (Fsp3) is 0.360. The number of nitrogens with zero attached hydrogens (tertiary/aromatic N) is 2. The number of benzene rings is 3. The monoisotopic (exact) mass is 372 g/mol. The van der Waals surface area contributed by atoms with Crippen LogP contribution in [0.25, 0.3) is 10.8 Å². The zero-order valence-corrected chi connectivity index (χ0v) is 16.8.